The van der Waals surface area contributed by atoms with Gasteiger partial charge in [0.2, 0.25) is 5.91 Å². The summed E-state index contributed by atoms with van der Waals surface area (Å²) in [6.45, 7) is 3.91. The summed E-state index contributed by atoms with van der Waals surface area (Å²) in [5.41, 5.74) is 3.44. The average molecular weight is 557 g/mol. The fraction of sp³-hybridized carbons (Fsp3) is 0.345. The molecule has 1 amide bonds. The van der Waals surface area contributed by atoms with Crippen LogP contribution in [0.5, 0.6) is 23.0 Å². The Bertz CT molecular complexity index is 1410. The van der Waals surface area contributed by atoms with Gasteiger partial charge in [-0.05, 0) is 53.8 Å². The maximum Gasteiger partial charge on any atom is 0.265 e. The number of nitrogens with zero attached hydrogens (tertiary/aromatic N) is 1. The number of amides is 1. The van der Waals surface area contributed by atoms with E-state index in [1.54, 1.807) is 12.1 Å². The first kappa shape index (κ1) is 29.6. The van der Waals surface area contributed by atoms with Crippen LogP contribution in [0.3, 0.4) is 0 Å². The minimum atomic E-state index is -4.27. The van der Waals surface area contributed by atoms with Crippen LogP contribution in [0.15, 0.2) is 59.5 Å². The van der Waals surface area contributed by atoms with E-state index in [1.807, 2.05) is 0 Å². The molecule has 0 saturated carbocycles. The molecule has 3 rings (SSSR count). The van der Waals surface area contributed by atoms with E-state index in [-0.39, 0.29) is 28.6 Å². The van der Waals surface area contributed by atoms with E-state index in [2.05, 4.69) is 37.4 Å². The van der Waals surface area contributed by atoms with Gasteiger partial charge in [-0.3, -0.25) is 9.10 Å². The van der Waals surface area contributed by atoms with E-state index >= 15 is 0 Å². The molecular formula is C29H36N2O7S. The minimum Gasteiger partial charge on any atom is -0.497 e. The number of carbonyl (C=O) groups is 1. The van der Waals surface area contributed by atoms with Crippen molar-refractivity contribution in [1.29, 1.82) is 0 Å². The molecule has 1 N–H and O–H groups in total. The van der Waals surface area contributed by atoms with E-state index in [1.165, 1.54) is 52.7 Å². The maximum atomic E-state index is 14.0. The third-order valence-electron chi connectivity index (χ3n) is 6.42. The molecule has 0 aliphatic rings. The molecule has 0 spiro atoms. The Morgan fingerprint density at radius 3 is 2.08 bits per heavy atom. The summed E-state index contributed by atoms with van der Waals surface area (Å²) in [4.78, 5) is 13.2. The summed E-state index contributed by atoms with van der Waals surface area (Å²) in [5, 5.41) is 2.89. The molecule has 9 nitrogen and oxygen atoms in total. The molecule has 3 aromatic carbocycles. The second-order valence-electron chi connectivity index (χ2n) is 8.65. The normalized spacial score (nSPS) is 11.0. The Labute approximate surface area is 230 Å². The average Bonchev–Trinajstić information content (AvgIpc) is 2.97. The van der Waals surface area contributed by atoms with Crippen molar-refractivity contribution in [3.8, 4) is 23.0 Å². The van der Waals surface area contributed by atoms with E-state index in [9.17, 15) is 13.2 Å². The Hall–Kier alpha value is -3.92. The molecule has 0 saturated heterocycles. The predicted octanol–water partition coefficient (Wildman–Crippen LogP) is 4.36. The highest BCUT2D eigenvalue weighted by Gasteiger charge is 2.31. The van der Waals surface area contributed by atoms with Gasteiger partial charge in [-0.2, -0.15) is 0 Å². The topological polar surface area (TPSA) is 103 Å². The van der Waals surface area contributed by atoms with Crippen LogP contribution in [0.25, 0.3) is 0 Å². The molecule has 0 aliphatic heterocycles. The van der Waals surface area contributed by atoms with E-state index in [0.717, 1.165) is 33.8 Å². The van der Waals surface area contributed by atoms with Crippen LogP contribution in [0.4, 0.5) is 5.69 Å². The zero-order valence-electron chi connectivity index (χ0n) is 23.2. The summed E-state index contributed by atoms with van der Waals surface area (Å²) in [6.07, 6.45) is 1.69. The lowest BCUT2D eigenvalue weighted by atomic mass is 10.0. The van der Waals surface area contributed by atoms with Gasteiger partial charge in [0.25, 0.3) is 10.0 Å². The third kappa shape index (κ3) is 6.75. The highest BCUT2D eigenvalue weighted by molar-refractivity contribution is 7.92. The second kappa shape index (κ2) is 13.2. The highest BCUT2D eigenvalue weighted by atomic mass is 32.2. The van der Waals surface area contributed by atoms with Crippen LogP contribution in [0.2, 0.25) is 0 Å². The first-order chi connectivity index (χ1) is 18.7. The molecule has 0 heterocycles. The van der Waals surface area contributed by atoms with Crippen LogP contribution >= 0.6 is 0 Å². The second-order valence-corrected chi connectivity index (χ2v) is 10.5. The Balaban J connectivity index is 2.02. The van der Waals surface area contributed by atoms with Crippen molar-refractivity contribution in [3.05, 3.63) is 71.3 Å². The summed E-state index contributed by atoms with van der Waals surface area (Å²) in [6, 6.07) is 15.2. The molecule has 0 atom stereocenters. The molecule has 3 aromatic rings. The lowest BCUT2D eigenvalue weighted by Gasteiger charge is -2.26. The number of rotatable bonds is 13. The number of ether oxygens (including phenoxy) is 4. The van der Waals surface area contributed by atoms with Gasteiger partial charge in [-0.15, -0.1) is 0 Å². The number of hydrogen-bond donors (Lipinski definition) is 1. The number of benzene rings is 3. The highest BCUT2D eigenvalue weighted by Crippen LogP contribution is 2.37. The Morgan fingerprint density at radius 2 is 1.46 bits per heavy atom. The van der Waals surface area contributed by atoms with Gasteiger partial charge in [0.1, 0.15) is 18.0 Å². The summed E-state index contributed by atoms with van der Waals surface area (Å²) in [5.74, 6) is 0.802. The minimum absolute atomic E-state index is 0.0817. The monoisotopic (exact) mass is 556 g/mol. The van der Waals surface area contributed by atoms with Crippen LogP contribution in [0.1, 0.15) is 30.5 Å². The molecule has 0 unspecified atom stereocenters. The lowest BCUT2D eigenvalue weighted by molar-refractivity contribution is -0.119. The zero-order valence-corrected chi connectivity index (χ0v) is 24.1. The SMILES string of the molecule is CCc1ccc(CC)c(CNC(=O)CN(c2cc(OC)ccc2OC)S(=O)(=O)c2ccc(OC)c(OC)c2)c1. The number of methoxy groups -OCH3 is 4. The quantitative estimate of drug-likeness (QED) is 0.334. The van der Waals surface area contributed by atoms with Crippen LogP contribution in [-0.4, -0.2) is 49.3 Å². The maximum absolute atomic E-state index is 14.0. The van der Waals surface area contributed by atoms with Gasteiger partial charge in [0, 0.05) is 18.7 Å². The smallest absolute Gasteiger partial charge is 0.265 e. The molecule has 210 valence electrons. The van der Waals surface area contributed by atoms with Gasteiger partial charge in [0.15, 0.2) is 11.5 Å². The number of sulfonamides is 1. The van der Waals surface area contributed by atoms with Gasteiger partial charge in [-0.1, -0.05) is 32.0 Å². The summed E-state index contributed by atoms with van der Waals surface area (Å²) in [7, 11) is 1.52. The van der Waals surface area contributed by atoms with Crippen molar-refractivity contribution in [2.45, 2.75) is 38.1 Å². The van der Waals surface area contributed by atoms with Crippen molar-refractivity contribution >= 4 is 21.6 Å². The number of carbonyl (C=O) groups excluding carboxylic acids is 1. The molecule has 0 aromatic heterocycles. The Kier molecular flexibility index (Phi) is 10.1. The first-order valence-electron chi connectivity index (χ1n) is 12.6. The van der Waals surface area contributed by atoms with Gasteiger partial charge in [0.05, 0.1) is 39.0 Å². The number of hydrogen-bond acceptors (Lipinski definition) is 7. The van der Waals surface area contributed by atoms with Crippen molar-refractivity contribution in [2.75, 3.05) is 39.3 Å². The van der Waals surface area contributed by atoms with Crippen molar-refractivity contribution in [1.82, 2.24) is 5.32 Å². The van der Waals surface area contributed by atoms with Crippen LogP contribution < -0.4 is 28.6 Å². The first-order valence-corrected chi connectivity index (χ1v) is 14.0. The third-order valence-corrected chi connectivity index (χ3v) is 8.18. The summed E-state index contributed by atoms with van der Waals surface area (Å²) < 4.78 is 50.4. The molecule has 0 radical (unpaired) electrons. The fourth-order valence-electron chi connectivity index (χ4n) is 4.18. The van der Waals surface area contributed by atoms with E-state index in [0.29, 0.717) is 11.5 Å². The standard InChI is InChI=1S/C29H36N2O7S/c1-7-20-9-10-21(8-2)22(15-20)18-30-29(32)19-31(25-16-23(35-3)11-13-26(25)36-4)39(33,34)24-12-14-27(37-5)28(17-24)38-6/h9-17H,7-8,18-19H2,1-6H3,(H,30,32). The number of anilines is 1. The van der Waals surface area contributed by atoms with Crippen molar-refractivity contribution in [3.63, 3.8) is 0 Å². The van der Waals surface area contributed by atoms with Crippen molar-refractivity contribution < 1.29 is 32.2 Å². The van der Waals surface area contributed by atoms with Gasteiger partial charge in [-0.25, -0.2) is 8.42 Å². The fourth-order valence-corrected chi connectivity index (χ4v) is 5.62. The number of nitrogens with one attached hydrogen (secondary N) is 1. The van der Waals surface area contributed by atoms with E-state index in [4.69, 9.17) is 18.9 Å². The molecular weight excluding hydrogens is 520 g/mol. The molecule has 0 aliphatic carbocycles. The van der Waals surface area contributed by atoms with E-state index < -0.39 is 22.5 Å². The lowest BCUT2D eigenvalue weighted by Crippen LogP contribution is -2.41. The van der Waals surface area contributed by atoms with Crippen LogP contribution in [0, 0.1) is 0 Å². The molecule has 0 bridgehead atoms. The van der Waals surface area contributed by atoms with Crippen molar-refractivity contribution in [2.24, 2.45) is 0 Å². The Morgan fingerprint density at radius 1 is 0.769 bits per heavy atom. The zero-order chi connectivity index (χ0) is 28.6. The largest absolute Gasteiger partial charge is 0.497 e. The summed E-state index contributed by atoms with van der Waals surface area (Å²) >= 11 is 0. The molecule has 0 fully saturated rings. The van der Waals surface area contributed by atoms with Gasteiger partial charge >= 0.3 is 0 Å². The molecule has 39 heavy (non-hydrogen) atoms. The molecule has 10 heteroatoms. The predicted molar refractivity (Wildman–Crippen MR) is 151 cm³/mol. The van der Waals surface area contributed by atoms with Crippen LogP contribution in [-0.2, 0) is 34.2 Å². The number of aryl methyl sites for hydroxylation is 2. The van der Waals surface area contributed by atoms with Gasteiger partial charge < -0.3 is 24.3 Å².